The van der Waals surface area contributed by atoms with E-state index in [0.29, 0.717) is 0 Å². The third kappa shape index (κ3) is 23.5. The zero-order chi connectivity index (χ0) is 18.5. The van der Waals surface area contributed by atoms with Gasteiger partial charge in [0.05, 0.1) is 0 Å². The smallest absolute Gasteiger partial charge is 0.668 e. The molecular formula is C22H38N2Zr. The van der Waals surface area contributed by atoms with Crippen molar-refractivity contribution in [1.82, 2.24) is 0 Å². The zero-order valence-electron chi connectivity index (χ0n) is 17.3. The van der Waals surface area contributed by atoms with Crippen LogP contribution in [0.15, 0.2) is 48.5 Å². The molecule has 0 unspecified atom stereocenters. The summed E-state index contributed by atoms with van der Waals surface area (Å²) in [7, 11) is 7.00. The average Bonchev–Trinajstić information content (AvgIpc) is 3.27. The van der Waals surface area contributed by atoms with Gasteiger partial charge in [0.15, 0.2) is 0 Å². The maximum atomic E-state index is 3.50. The number of hydrogen-bond acceptors (Lipinski definition) is 0. The van der Waals surface area contributed by atoms with Gasteiger partial charge in [-0.05, 0) is 0 Å². The number of hydrogen-bond donors (Lipinski definition) is 0. The van der Waals surface area contributed by atoms with Gasteiger partial charge in [-0.2, -0.15) is 63.6 Å². The molecule has 0 atom stereocenters. The van der Waals surface area contributed by atoms with Gasteiger partial charge in [0.2, 0.25) is 0 Å². The predicted molar refractivity (Wildman–Crippen MR) is 112 cm³/mol. The normalized spacial score (nSPS) is 8.56. The number of aryl methyl sites for hydroxylation is 2. The van der Waals surface area contributed by atoms with Crippen molar-refractivity contribution in [3.05, 3.63) is 70.3 Å². The van der Waals surface area contributed by atoms with E-state index < -0.39 is 0 Å². The molecule has 140 valence electrons. The van der Waals surface area contributed by atoms with Gasteiger partial charge >= 0.3 is 26.2 Å². The Kier molecular flexibility index (Phi) is 30.1. The second-order valence-electron chi connectivity index (χ2n) is 5.69. The van der Waals surface area contributed by atoms with Crippen LogP contribution in [0.1, 0.15) is 50.7 Å². The molecule has 0 saturated heterocycles. The first kappa shape index (κ1) is 29.3. The van der Waals surface area contributed by atoms with Crippen molar-refractivity contribution in [3.8, 4) is 0 Å². The summed E-state index contributed by atoms with van der Waals surface area (Å²) < 4.78 is 0. The maximum Gasteiger partial charge on any atom is 4.00 e. The molecule has 2 aromatic carbocycles. The summed E-state index contributed by atoms with van der Waals surface area (Å²) in [5.41, 5.74) is 2.97. The second-order valence-corrected chi connectivity index (χ2v) is 5.69. The molecule has 0 fully saturated rings. The fraction of sp³-hybridized carbons (Fsp3) is 0.545. The van der Waals surface area contributed by atoms with Crippen LogP contribution < -0.4 is 0 Å². The molecule has 0 amide bonds. The Labute approximate surface area is 176 Å². The van der Waals surface area contributed by atoms with Crippen LogP contribution in [0.5, 0.6) is 0 Å². The molecular weight excluding hydrogens is 383 g/mol. The summed E-state index contributed by atoms with van der Waals surface area (Å²) in [5.74, 6) is 0. The van der Waals surface area contributed by atoms with Crippen molar-refractivity contribution in [3.63, 3.8) is 0 Å². The van der Waals surface area contributed by atoms with E-state index >= 15 is 0 Å². The van der Waals surface area contributed by atoms with Crippen molar-refractivity contribution in [2.75, 3.05) is 28.2 Å². The molecule has 2 rings (SSSR count). The topological polar surface area (TPSA) is 28.2 Å². The maximum absolute atomic E-state index is 3.50. The summed E-state index contributed by atoms with van der Waals surface area (Å²) in [6.07, 6.45) is 7.75. The van der Waals surface area contributed by atoms with Crippen LogP contribution >= 0.6 is 0 Å². The minimum Gasteiger partial charge on any atom is -0.668 e. The van der Waals surface area contributed by atoms with E-state index in [1.54, 1.807) is 28.2 Å². The predicted octanol–water partition coefficient (Wildman–Crippen LogP) is 6.73. The summed E-state index contributed by atoms with van der Waals surface area (Å²) in [6, 6.07) is 17.2. The van der Waals surface area contributed by atoms with Gasteiger partial charge in [-0.3, -0.25) is 0 Å². The SMILES string of the molecule is CCCC[c-]1cccc1.CCCC[c-]1cccc1.C[N-]C.C[N-]C.[Zr+4]. The van der Waals surface area contributed by atoms with Crippen LogP contribution in [-0.4, -0.2) is 28.2 Å². The number of rotatable bonds is 6. The molecule has 25 heavy (non-hydrogen) atoms. The third-order valence-electron chi connectivity index (χ3n) is 3.10. The van der Waals surface area contributed by atoms with Gasteiger partial charge in [-0.15, -0.1) is 0 Å². The van der Waals surface area contributed by atoms with E-state index in [1.165, 1.54) is 49.7 Å². The molecule has 0 aliphatic rings. The van der Waals surface area contributed by atoms with Gasteiger partial charge in [-0.25, -0.2) is 24.3 Å². The van der Waals surface area contributed by atoms with Crippen molar-refractivity contribution in [2.24, 2.45) is 0 Å². The van der Waals surface area contributed by atoms with Crippen molar-refractivity contribution in [1.29, 1.82) is 0 Å². The van der Waals surface area contributed by atoms with Crippen LogP contribution in [0.25, 0.3) is 10.6 Å². The van der Waals surface area contributed by atoms with E-state index in [-0.39, 0.29) is 26.2 Å². The fourth-order valence-electron chi connectivity index (χ4n) is 1.92. The molecule has 0 spiro atoms. The minimum absolute atomic E-state index is 0. The Bertz CT molecular complexity index is 353. The molecule has 0 aromatic heterocycles. The Morgan fingerprint density at radius 1 is 0.600 bits per heavy atom. The van der Waals surface area contributed by atoms with Crippen molar-refractivity contribution in [2.45, 2.75) is 52.4 Å². The first-order chi connectivity index (χ1) is 11.7. The van der Waals surface area contributed by atoms with Gasteiger partial charge in [0.1, 0.15) is 0 Å². The Morgan fingerprint density at radius 3 is 1.04 bits per heavy atom. The van der Waals surface area contributed by atoms with Gasteiger partial charge in [0.25, 0.3) is 0 Å². The number of unbranched alkanes of at least 4 members (excludes halogenated alkanes) is 2. The quantitative estimate of drug-likeness (QED) is 0.462. The molecule has 0 heterocycles. The Hall–Kier alpha value is -0.497. The molecule has 3 heteroatoms. The monoisotopic (exact) mass is 420 g/mol. The first-order valence-electron chi connectivity index (χ1n) is 9.06. The van der Waals surface area contributed by atoms with Gasteiger partial charge < -0.3 is 10.6 Å². The summed E-state index contributed by atoms with van der Waals surface area (Å²) in [4.78, 5) is 0. The molecule has 0 aliphatic carbocycles. The summed E-state index contributed by atoms with van der Waals surface area (Å²) in [6.45, 7) is 4.45. The van der Waals surface area contributed by atoms with Crippen LogP contribution in [0, 0.1) is 0 Å². The minimum atomic E-state index is 0. The molecule has 0 saturated carbocycles. The van der Waals surface area contributed by atoms with E-state index in [9.17, 15) is 0 Å². The van der Waals surface area contributed by atoms with Gasteiger partial charge in [0, 0.05) is 0 Å². The van der Waals surface area contributed by atoms with E-state index in [1.807, 2.05) is 0 Å². The second kappa shape index (κ2) is 25.7. The average molecular weight is 422 g/mol. The van der Waals surface area contributed by atoms with E-state index in [2.05, 4.69) is 73.0 Å². The largest absolute Gasteiger partial charge is 4.00 e. The van der Waals surface area contributed by atoms with Crippen LogP contribution in [0.2, 0.25) is 0 Å². The molecule has 2 aromatic rings. The standard InChI is InChI=1S/2C9H13.2C2H6N.Zr/c2*1-2-3-6-9-7-4-5-8-9;2*1-3-2;/h2*4-5,7-8H,2-3,6H2,1H3;2*1-2H3;/q4*-1;+4. The molecule has 0 N–H and O–H groups in total. The summed E-state index contributed by atoms with van der Waals surface area (Å²) >= 11 is 0. The van der Waals surface area contributed by atoms with Crippen LogP contribution in [0.4, 0.5) is 0 Å². The zero-order valence-corrected chi connectivity index (χ0v) is 19.7. The molecule has 2 nitrogen and oxygen atoms in total. The number of nitrogens with zero attached hydrogens (tertiary/aromatic N) is 2. The Balaban J connectivity index is -0.000000287. The molecule has 0 aliphatic heterocycles. The summed E-state index contributed by atoms with van der Waals surface area (Å²) in [5, 5.41) is 7.00. The van der Waals surface area contributed by atoms with E-state index in [4.69, 9.17) is 0 Å². The first-order valence-corrected chi connectivity index (χ1v) is 9.06. The van der Waals surface area contributed by atoms with Gasteiger partial charge in [-0.1, -0.05) is 52.4 Å². The van der Waals surface area contributed by atoms with Crippen molar-refractivity contribution >= 4 is 0 Å². The van der Waals surface area contributed by atoms with Crippen LogP contribution in [-0.2, 0) is 39.0 Å². The fourth-order valence-corrected chi connectivity index (χ4v) is 1.92. The third-order valence-corrected chi connectivity index (χ3v) is 3.10. The van der Waals surface area contributed by atoms with Crippen LogP contribution in [0.3, 0.4) is 0 Å². The molecule has 0 bridgehead atoms. The Morgan fingerprint density at radius 2 is 0.840 bits per heavy atom. The van der Waals surface area contributed by atoms with E-state index in [0.717, 1.165) is 0 Å². The molecule has 0 radical (unpaired) electrons. The van der Waals surface area contributed by atoms with Crippen molar-refractivity contribution < 1.29 is 26.2 Å².